The molecule has 0 radical (unpaired) electrons. The second-order valence-corrected chi connectivity index (χ2v) is 5.30. The Balaban J connectivity index is 2.15. The van der Waals surface area contributed by atoms with E-state index in [0.717, 1.165) is 10.1 Å². The largest absolute Gasteiger partial charge is 0.397 e. The van der Waals surface area contributed by atoms with Crippen LogP contribution in [0.4, 0.5) is 5.69 Å². The van der Waals surface area contributed by atoms with E-state index in [1.807, 2.05) is 19.9 Å². The molecule has 0 aliphatic heterocycles. The summed E-state index contributed by atoms with van der Waals surface area (Å²) in [5, 5.41) is 3.76. The van der Waals surface area contributed by atoms with Crippen molar-refractivity contribution < 1.29 is 9.53 Å². The average molecular weight is 279 g/mol. The van der Waals surface area contributed by atoms with Crippen molar-refractivity contribution in [3.05, 3.63) is 23.3 Å². The first-order chi connectivity index (χ1) is 9.13. The molecule has 0 saturated heterocycles. The first-order valence-electron chi connectivity index (χ1n) is 6.14. The fourth-order valence-corrected chi connectivity index (χ4v) is 2.76. The average Bonchev–Trinajstić information content (AvgIpc) is 2.74. The summed E-state index contributed by atoms with van der Waals surface area (Å²) in [6, 6.07) is 1.77. The topological polar surface area (TPSA) is 77.2 Å². The Labute approximate surface area is 115 Å². The number of hydrogen-bond donors (Lipinski definition) is 2. The molecule has 0 aliphatic rings. The van der Waals surface area contributed by atoms with Crippen molar-refractivity contribution in [1.82, 2.24) is 10.3 Å². The number of amides is 1. The van der Waals surface area contributed by atoms with Crippen molar-refractivity contribution in [3.8, 4) is 0 Å². The summed E-state index contributed by atoms with van der Waals surface area (Å²) in [6.07, 6.45) is 3.39. The molecule has 19 heavy (non-hydrogen) atoms. The van der Waals surface area contributed by atoms with Crippen LogP contribution in [0, 0.1) is 0 Å². The summed E-state index contributed by atoms with van der Waals surface area (Å²) < 4.78 is 6.19. The third-order valence-corrected chi connectivity index (χ3v) is 3.84. The Hall–Kier alpha value is -1.66. The molecule has 1 amide bonds. The van der Waals surface area contributed by atoms with Crippen LogP contribution in [0.3, 0.4) is 0 Å². The molecule has 2 rings (SSSR count). The first-order valence-corrected chi connectivity index (χ1v) is 6.95. The zero-order valence-corrected chi connectivity index (χ0v) is 11.8. The molecule has 2 heterocycles. The lowest BCUT2D eigenvalue weighted by molar-refractivity contribution is 0.0876. The molecule has 0 spiro atoms. The molecule has 3 N–H and O–H groups in total. The summed E-state index contributed by atoms with van der Waals surface area (Å²) in [7, 11) is 0. The maximum atomic E-state index is 12.2. The Bertz CT molecular complexity index is 582. The van der Waals surface area contributed by atoms with Gasteiger partial charge in [0, 0.05) is 30.4 Å². The highest BCUT2D eigenvalue weighted by Crippen LogP contribution is 2.32. The van der Waals surface area contributed by atoms with Crippen LogP contribution >= 0.6 is 11.3 Å². The monoisotopic (exact) mass is 279 g/mol. The standard InChI is InChI=1S/C13H17N3O2S/c1-3-18-7-8(2)16-13(17)12-11(14)9-4-5-15-6-10(9)19-12/h4-6,8H,3,7,14H2,1-2H3,(H,16,17). The summed E-state index contributed by atoms with van der Waals surface area (Å²) in [4.78, 5) is 16.7. The lowest BCUT2D eigenvalue weighted by atomic mass is 10.2. The maximum absolute atomic E-state index is 12.2. The third-order valence-electron chi connectivity index (χ3n) is 2.69. The Kier molecular flexibility index (Phi) is 4.34. The van der Waals surface area contributed by atoms with Crippen LogP contribution in [-0.2, 0) is 4.74 Å². The number of ether oxygens (including phenoxy) is 1. The second kappa shape index (κ2) is 5.99. The zero-order chi connectivity index (χ0) is 13.8. The van der Waals surface area contributed by atoms with E-state index in [4.69, 9.17) is 10.5 Å². The van der Waals surface area contributed by atoms with Crippen LogP contribution in [0.15, 0.2) is 18.5 Å². The number of anilines is 1. The predicted octanol–water partition coefficient (Wildman–Crippen LogP) is 2.03. The molecule has 1 atom stereocenters. The van der Waals surface area contributed by atoms with E-state index in [1.165, 1.54) is 11.3 Å². The van der Waals surface area contributed by atoms with Gasteiger partial charge in [-0.05, 0) is 19.9 Å². The number of carbonyl (C=O) groups is 1. The van der Waals surface area contributed by atoms with Gasteiger partial charge >= 0.3 is 0 Å². The number of nitrogen functional groups attached to an aromatic ring is 1. The number of nitrogens with two attached hydrogens (primary N) is 1. The number of thiophene rings is 1. The normalized spacial score (nSPS) is 12.5. The van der Waals surface area contributed by atoms with Gasteiger partial charge in [0.15, 0.2) is 0 Å². The van der Waals surface area contributed by atoms with Gasteiger partial charge in [-0.3, -0.25) is 9.78 Å². The van der Waals surface area contributed by atoms with Gasteiger partial charge in [0.25, 0.3) is 5.91 Å². The van der Waals surface area contributed by atoms with Gasteiger partial charge in [0.2, 0.25) is 0 Å². The number of pyridine rings is 1. The van der Waals surface area contributed by atoms with Crippen LogP contribution in [0.2, 0.25) is 0 Å². The van der Waals surface area contributed by atoms with Gasteiger partial charge in [0.1, 0.15) is 4.88 Å². The molecule has 2 aromatic heterocycles. The van der Waals surface area contributed by atoms with Gasteiger partial charge in [0.05, 0.1) is 17.0 Å². The van der Waals surface area contributed by atoms with Crippen LogP contribution in [0.25, 0.3) is 10.1 Å². The summed E-state index contributed by atoms with van der Waals surface area (Å²) in [6.45, 7) is 4.95. The van der Waals surface area contributed by atoms with E-state index >= 15 is 0 Å². The summed E-state index contributed by atoms with van der Waals surface area (Å²) in [5.74, 6) is -0.161. The van der Waals surface area contributed by atoms with E-state index in [0.29, 0.717) is 23.8 Å². The van der Waals surface area contributed by atoms with Gasteiger partial charge in [-0.25, -0.2) is 0 Å². The van der Waals surface area contributed by atoms with E-state index in [-0.39, 0.29) is 11.9 Å². The summed E-state index contributed by atoms with van der Waals surface area (Å²) in [5.41, 5.74) is 6.52. The van der Waals surface area contributed by atoms with Gasteiger partial charge in [-0.2, -0.15) is 0 Å². The molecule has 2 aromatic rings. The molecular weight excluding hydrogens is 262 g/mol. The zero-order valence-electron chi connectivity index (χ0n) is 11.0. The highest BCUT2D eigenvalue weighted by Gasteiger charge is 2.17. The number of aromatic nitrogens is 1. The van der Waals surface area contributed by atoms with Crippen molar-refractivity contribution in [2.24, 2.45) is 0 Å². The van der Waals surface area contributed by atoms with Crippen molar-refractivity contribution in [3.63, 3.8) is 0 Å². The number of nitrogens with one attached hydrogen (secondary N) is 1. The van der Waals surface area contributed by atoms with Gasteiger partial charge in [-0.15, -0.1) is 11.3 Å². The number of hydrogen-bond acceptors (Lipinski definition) is 5. The highest BCUT2D eigenvalue weighted by molar-refractivity contribution is 7.21. The molecule has 0 fully saturated rings. The molecule has 102 valence electrons. The Morgan fingerprint density at radius 1 is 1.63 bits per heavy atom. The van der Waals surface area contributed by atoms with Gasteiger partial charge < -0.3 is 15.8 Å². The van der Waals surface area contributed by atoms with E-state index in [2.05, 4.69) is 10.3 Å². The minimum Gasteiger partial charge on any atom is -0.397 e. The van der Waals surface area contributed by atoms with E-state index in [1.54, 1.807) is 12.4 Å². The van der Waals surface area contributed by atoms with Crippen LogP contribution in [-0.4, -0.2) is 30.1 Å². The minimum atomic E-state index is -0.161. The highest BCUT2D eigenvalue weighted by atomic mass is 32.1. The number of rotatable bonds is 5. The van der Waals surface area contributed by atoms with E-state index < -0.39 is 0 Å². The van der Waals surface area contributed by atoms with Crippen molar-refractivity contribution in [2.45, 2.75) is 19.9 Å². The van der Waals surface area contributed by atoms with E-state index in [9.17, 15) is 4.79 Å². The third kappa shape index (κ3) is 3.02. The van der Waals surface area contributed by atoms with Crippen LogP contribution in [0.5, 0.6) is 0 Å². The molecule has 0 bridgehead atoms. The molecule has 6 heteroatoms. The van der Waals surface area contributed by atoms with Crippen molar-refractivity contribution >= 4 is 33.0 Å². The van der Waals surface area contributed by atoms with Crippen molar-refractivity contribution in [2.75, 3.05) is 18.9 Å². The fraction of sp³-hybridized carbons (Fsp3) is 0.385. The van der Waals surface area contributed by atoms with Gasteiger partial charge in [-0.1, -0.05) is 0 Å². The molecule has 5 nitrogen and oxygen atoms in total. The maximum Gasteiger partial charge on any atom is 0.263 e. The Morgan fingerprint density at radius 3 is 3.11 bits per heavy atom. The fourth-order valence-electron chi connectivity index (χ4n) is 1.77. The number of nitrogens with zero attached hydrogens (tertiary/aromatic N) is 1. The quantitative estimate of drug-likeness (QED) is 0.878. The summed E-state index contributed by atoms with van der Waals surface area (Å²) >= 11 is 1.36. The van der Waals surface area contributed by atoms with Crippen LogP contribution < -0.4 is 11.1 Å². The lowest BCUT2D eigenvalue weighted by Crippen LogP contribution is -2.35. The molecule has 1 unspecified atom stereocenters. The number of carbonyl (C=O) groups excluding carboxylic acids is 1. The minimum absolute atomic E-state index is 0.0461. The second-order valence-electron chi connectivity index (χ2n) is 4.25. The lowest BCUT2D eigenvalue weighted by Gasteiger charge is -2.13. The molecule has 0 saturated carbocycles. The van der Waals surface area contributed by atoms with Crippen LogP contribution in [0.1, 0.15) is 23.5 Å². The van der Waals surface area contributed by atoms with Crippen molar-refractivity contribution in [1.29, 1.82) is 0 Å². The Morgan fingerprint density at radius 2 is 2.42 bits per heavy atom. The smallest absolute Gasteiger partial charge is 0.263 e. The SMILES string of the molecule is CCOCC(C)NC(=O)c1sc2cnccc2c1N. The molecule has 0 aliphatic carbocycles. The first kappa shape index (κ1) is 13.8. The molecule has 0 aromatic carbocycles. The number of fused-ring (bicyclic) bond motifs is 1. The predicted molar refractivity (Wildman–Crippen MR) is 77.5 cm³/mol. The molecular formula is C13H17N3O2S.